The SMILES string of the molecule is CCCC(C)N(C)C(=O)N(CC(=O)O)c1ccc(Cl)cc1. The summed E-state index contributed by atoms with van der Waals surface area (Å²) in [5.74, 6) is -1.06. The third-order valence-electron chi connectivity index (χ3n) is 3.33. The molecule has 2 amide bonds. The summed E-state index contributed by atoms with van der Waals surface area (Å²) in [6.07, 6.45) is 1.82. The van der Waals surface area contributed by atoms with Crippen LogP contribution in [0.5, 0.6) is 0 Å². The number of nitrogens with zero attached hydrogens (tertiary/aromatic N) is 2. The second-order valence-electron chi connectivity index (χ2n) is 4.99. The van der Waals surface area contributed by atoms with Gasteiger partial charge in [-0.1, -0.05) is 24.9 Å². The molecule has 0 radical (unpaired) electrons. The first-order chi connectivity index (χ1) is 9.86. The fourth-order valence-corrected chi connectivity index (χ4v) is 2.14. The summed E-state index contributed by atoms with van der Waals surface area (Å²) in [6.45, 7) is 3.61. The van der Waals surface area contributed by atoms with Crippen molar-refractivity contribution >= 4 is 29.3 Å². The van der Waals surface area contributed by atoms with Crippen LogP contribution in [0.25, 0.3) is 0 Å². The van der Waals surface area contributed by atoms with Gasteiger partial charge in [0.1, 0.15) is 6.54 Å². The van der Waals surface area contributed by atoms with Crippen molar-refractivity contribution in [2.75, 3.05) is 18.5 Å². The van der Waals surface area contributed by atoms with Crippen molar-refractivity contribution in [3.05, 3.63) is 29.3 Å². The maximum absolute atomic E-state index is 12.5. The molecule has 0 saturated heterocycles. The lowest BCUT2D eigenvalue weighted by atomic mass is 10.2. The highest BCUT2D eigenvalue weighted by Gasteiger charge is 2.24. The van der Waals surface area contributed by atoms with Crippen LogP contribution in [0.1, 0.15) is 26.7 Å². The number of urea groups is 1. The molecule has 116 valence electrons. The molecule has 0 aliphatic carbocycles. The molecular formula is C15H21ClN2O3. The Bertz CT molecular complexity index is 490. The van der Waals surface area contributed by atoms with Gasteiger partial charge in [0.25, 0.3) is 0 Å². The highest BCUT2D eigenvalue weighted by atomic mass is 35.5. The molecule has 0 bridgehead atoms. The summed E-state index contributed by atoms with van der Waals surface area (Å²) in [5, 5.41) is 9.57. The zero-order valence-electron chi connectivity index (χ0n) is 12.5. The number of carboxylic acid groups (broad SMARTS) is 1. The molecule has 5 nitrogen and oxygen atoms in total. The van der Waals surface area contributed by atoms with Crippen molar-refractivity contribution in [1.29, 1.82) is 0 Å². The van der Waals surface area contributed by atoms with E-state index in [4.69, 9.17) is 16.7 Å². The summed E-state index contributed by atoms with van der Waals surface area (Å²) >= 11 is 5.83. The Morgan fingerprint density at radius 3 is 2.33 bits per heavy atom. The minimum absolute atomic E-state index is 0.0473. The van der Waals surface area contributed by atoms with Crippen LogP contribution in [0.2, 0.25) is 5.02 Å². The molecule has 1 aromatic rings. The van der Waals surface area contributed by atoms with Crippen LogP contribution >= 0.6 is 11.6 Å². The van der Waals surface area contributed by atoms with Crippen LogP contribution < -0.4 is 4.90 Å². The zero-order valence-corrected chi connectivity index (χ0v) is 13.3. The molecule has 0 aliphatic heterocycles. The number of benzene rings is 1. The molecule has 0 heterocycles. The zero-order chi connectivity index (χ0) is 16.0. The number of carbonyl (C=O) groups is 2. The Labute approximate surface area is 130 Å². The standard InChI is InChI=1S/C15H21ClN2O3/c1-4-5-11(2)17(3)15(21)18(10-14(19)20)13-8-6-12(16)7-9-13/h6-9,11H,4-5,10H2,1-3H3,(H,19,20). The molecule has 0 saturated carbocycles. The number of anilines is 1. The Hall–Kier alpha value is -1.75. The number of carboxylic acids is 1. The van der Waals surface area contributed by atoms with Crippen molar-refractivity contribution in [3.8, 4) is 0 Å². The van der Waals surface area contributed by atoms with Crippen LogP contribution in [0.15, 0.2) is 24.3 Å². The van der Waals surface area contributed by atoms with E-state index in [-0.39, 0.29) is 18.6 Å². The second-order valence-corrected chi connectivity index (χ2v) is 5.42. The molecule has 6 heteroatoms. The predicted molar refractivity (Wildman–Crippen MR) is 84.0 cm³/mol. The molecule has 1 atom stereocenters. The number of hydrogen-bond acceptors (Lipinski definition) is 2. The summed E-state index contributed by atoms with van der Waals surface area (Å²) in [5.41, 5.74) is 0.516. The molecule has 1 unspecified atom stereocenters. The number of aliphatic carboxylic acids is 1. The van der Waals surface area contributed by atoms with Gasteiger partial charge < -0.3 is 10.0 Å². The van der Waals surface area contributed by atoms with Gasteiger partial charge in [-0.15, -0.1) is 0 Å². The lowest BCUT2D eigenvalue weighted by Gasteiger charge is -2.31. The summed E-state index contributed by atoms with van der Waals surface area (Å²) in [4.78, 5) is 26.4. The van der Waals surface area contributed by atoms with Crippen molar-refractivity contribution < 1.29 is 14.7 Å². The first-order valence-corrected chi connectivity index (χ1v) is 7.26. The van der Waals surface area contributed by atoms with Crippen molar-refractivity contribution in [3.63, 3.8) is 0 Å². The molecule has 0 aromatic heterocycles. The Balaban J connectivity index is 2.99. The van der Waals surface area contributed by atoms with E-state index in [9.17, 15) is 9.59 Å². The number of carbonyl (C=O) groups excluding carboxylic acids is 1. The van der Waals surface area contributed by atoms with Crippen molar-refractivity contribution in [2.45, 2.75) is 32.7 Å². The molecule has 0 fully saturated rings. The number of amides is 2. The third kappa shape index (κ3) is 4.93. The van der Waals surface area contributed by atoms with Crippen LogP contribution in [-0.2, 0) is 4.79 Å². The van der Waals surface area contributed by atoms with Gasteiger partial charge in [0, 0.05) is 23.8 Å². The molecule has 0 aliphatic rings. The van der Waals surface area contributed by atoms with E-state index < -0.39 is 5.97 Å². The van der Waals surface area contributed by atoms with Gasteiger partial charge in [0.2, 0.25) is 0 Å². The van der Waals surface area contributed by atoms with Gasteiger partial charge in [0.05, 0.1) is 0 Å². The highest BCUT2D eigenvalue weighted by Crippen LogP contribution is 2.20. The molecular weight excluding hydrogens is 292 g/mol. The monoisotopic (exact) mass is 312 g/mol. The van der Waals surface area contributed by atoms with Gasteiger partial charge in [-0.2, -0.15) is 0 Å². The first kappa shape index (κ1) is 17.3. The maximum atomic E-state index is 12.5. The molecule has 1 aromatic carbocycles. The molecule has 1 rings (SSSR count). The summed E-state index contributed by atoms with van der Waals surface area (Å²) < 4.78 is 0. The van der Waals surface area contributed by atoms with Crippen molar-refractivity contribution in [1.82, 2.24) is 4.90 Å². The van der Waals surface area contributed by atoms with Gasteiger partial charge in [-0.3, -0.25) is 9.69 Å². The average molecular weight is 313 g/mol. The molecule has 0 spiro atoms. The van der Waals surface area contributed by atoms with Gasteiger partial charge in [0.15, 0.2) is 0 Å². The van der Waals surface area contributed by atoms with Gasteiger partial charge in [-0.05, 0) is 37.6 Å². The van der Waals surface area contributed by atoms with E-state index in [1.165, 1.54) is 4.90 Å². The van der Waals surface area contributed by atoms with Gasteiger partial charge in [-0.25, -0.2) is 4.79 Å². The topological polar surface area (TPSA) is 60.9 Å². The fraction of sp³-hybridized carbons (Fsp3) is 0.467. The minimum Gasteiger partial charge on any atom is -0.480 e. The largest absolute Gasteiger partial charge is 0.480 e. The van der Waals surface area contributed by atoms with E-state index in [0.717, 1.165) is 12.8 Å². The van der Waals surface area contributed by atoms with E-state index >= 15 is 0 Å². The van der Waals surface area contributed by atoms with Crippen molar-refractivity contribution in [2.24, 2.45) is 0 Å². The van der Waals surface area contributed by atoms with Gasteiger partial charge >= 0.3 is 12.0 Å². The maximum Gasteiger partial charge on any atom is 0.325 e. The fourth-order valence-electron chi connectivity index (χ4n) is 2.02. The Morgan fingerprint density at radius 2 is 1.86 bits per heavy atom. The third-order valence-corrected chi connectivity index (χ3v) is 3.58. The Morgan fingerprint density at radius 1 is 1.29 bits per heavy atom. The minimum atomic E-state index is -1.06. The van der Waals surface area contributed by atoms with Crippen LogP contribution in [-0.4, -0.2) is 41.6 Å². The number of hydrogen-bond donors (Lipinski definition) is 1. The number of rotatable bonds is 6. The van der Waals surface area contributed by atoms with E-state index in [0.29, 0.717) is 10.7 Å². The molecule has 21 heavy (non-hydrogen) atoms. The Kier molecular flexibility index (Phi) is 6.49. The summed E-state index contributed by atoms with van der Waals surface area (Å²) in [6, 6.07) is 6.26. The van der Waals surface area contributed by atoms with E-state index in [2.05, 4.69) is 0 Å². The normalized spacial score (nSPS) is 11.8. The van der Waals surface area contributed by atoms with E-state index in [1.54, 1.807) is 36.2 Å². The highest BCUT2D eigenvalue weighted by molar-refractivity contribution is 6.30. The van der Waals surface area contributed by atoms with Crippen LogP contribution in [0.4, 0.5) is 10.5 Å². The first-order valence-electron chi connectivity index (χ1n) is 6.88. The number of halogens is 1. The smallest absolute Gasteiger partial charge is 0.325 e. The van der Waals surface area contributed by atoms with E-state index in [1.807, 2.05) is 13.8 Å². The second kappa shape index (κ2) is 7.88. The van der Waals surface area contributed by atoms with Crippen LogP contribution in [0.3, 0.4) is 0 Å². The van der Waals surface area contributed by atoms with Crippen LogP contribution in [0, 0.1) is 0 Å². The average Bonchev–Trinajstić information content (AvgIpc) is 2.44. The summed E-state index contributed by atoms with van der Waals surface area (Å²) in [7, 11) is 1.69. The lowest BCUT2D eigenvalue weighted by molar-refractivity contribution is -0.135. The quantitative estimate of drug-likeness (QED) is 0.875. The lowest BCUT2D eigenvalue weighted by Crippen LogP contribution is -2.47. The molecule has 1 N–H and O–H groups in total. The predicted octanol–water partition coefficient (Wildman–Crippen LogP) is 3.47.